The van der Waals surface area contributed by atoms with E-state index in [4.69, 9.17) is 4.84 Å². The van der Waals surface area contributed by atoms with Crippen LogP contribution in [0.3, 0.4) is 0 Å². The first-order valence-electron chi connectivity index (χ1n) is 6.24. The fourth-order valence-electron chi connectivity index (χ4n) is 1.95. The first kappa shape index (κ1) is 13.1. The second kappa shape index (κ2) is 5.20. The molecular weight excluding hydrogens is 273 g/mol. The Hall–Kier alpha value is -2.95. The van der Waals surface area contributed by atoms with Gasteiger partial charge in [-0.25, -0.2) is 9.18 Å². The SMILES string of the molecule is O=C1ON(c2ccccc2)C(=O)C1=Cc1ccc(F)cc1. The van der Waals surface area contributed by atoms with Crippen molar-refractivity contribution in [3.8, 4) is 0 Å². The summed E-state index contributed by atoms with van der Waals surface area (Å²) in [5, 5.41) is 0.942. The molecule has 0 unspecified atom stereocenters. The Bertz CT molecular complexity index is 723. The van der Waals surface area contributed by atoms with Crippen LogP contribution in [0.4, 0.5) is 10.1 Å². The van der Waals surface area contributed by atoms with Crippen LogP contribution in [0.25, 0.3) is 6.08 Å². The van der Waals surface area contributed by atoms with Crippen molar-refractivity contribution in [3.05, 3.63) is 71.6 Å². The Morgan fingerprint density at radius 3 is 2.29 bits per heavy atom. The quantitative estimate of drug-likeness (QED) is 0.629. The van der Waals surface area contributed by atoms with E-state index in [-0.39, 0.29) is 11.4 Å². The zero-order chi connectivity index (χ0) is 14.8. The number of hydrogen-bond acceptors (Lipinski definition) is 3. The number of carbonyl (C=O) groups excluding carboxylic acids is 2. The number of anilines is 1. The van der Waals surface area contributed by atoms with Crippen molar-refractivity contribution in [3.63, 3.8) is 0 Å². The zero-order valence-electron chi connectivity index (χ0n) is 10.8. The molecule has 0 bridgehead atoms. The molecule has 1 aliphatic heterocycles. The minimum atomic E-state index is -0.729. The van der Waals surface area contributed by atoms with Gasteiger partial charge in [0.2, 0.25) is 0 Å². The molecule has 3 rings (SSSR count). The highest BCUT2D eigenvalue weighted by Gasteiger charge is 2.37. The van der Waals surface area contributed by atoms with Gasteiger partial charge >= 0.3 is 5.97 Å². The summed E-state index contributed by atoms with van der Waals surface area (Å²) in [6.45, 7) is 0. The molecule has 1 amide bonds. The van der Waals surface area contributed by atoms with Crippen molar-refractivity contribution in [2.24, 2.45) is 0 Å². The third-order valence-electron chi connectivity index (χ3n) is 2.98. The minimum absolute atomic E-state index is 0.0922. The van der Waals surface area contributed by atoms with Gasteiger partial charge in [0, 0.05) is 0 Å². The van der Waals surface area contributed by atoms with Crippen LogP contribution in [-0.2, 0) is 14.4 Å². The number of amides is 1. The first-order chi connectivity index (χ1) is 10.1. The van der Waals surface area contributed by atoms with E-state index < -0.39 is 11.9 Å². The van der Waals surface area contributed by atoms with Gasteiger partial charge in [-0.05, 0) is 35.9 Å². The average molecular weight is 283 g/mol. The number of para-hydroxylation sites is 1. The highest BCUT2D eigenvalue weighted by molar-refractivity contribution is 6.28. The van der Waals surface area contributed by atoms with Gasteiger partial charge < -0.3 is 4.84 Å². The van der Waals surface area contributed by atoms with Gasteiger partial charge in [-0.2, -0.15) is 0 Å². The van der Waals surface area contributed by atoms with Gasteiger partial charge in [-0.3, -0.25) is 4.79 Å². The molecule has 1 heterocycles. The lowest BCUT2D eigenvalue weighted by Crippen LogP contribution is -2.22. The summed E-state index contributed by atoms with van der Waals surface area (Å²) in [7, 11) is 0. The van der Waals surface area contributed by atoms with E-state index in [1.54, 1.807) is 30.3 Å². The molecule has 0 saturated carbocycles. The maximum Gasteiger partial charge on any atom is 0.369 e. The number of hydrogen-bond donors (Lipinski definition) is 0. The molecule has 0 atom stereocenters. The fraction of sp³-hybridized carbons (Fsp3) is 0. The van der Waals surface area contributed by atoms with Crippen LogP contribution in [0.15, 0.2) is 60.2 Å². The monoisotopic (exact) mass is 283 g/mol. The van der Waals surface area contributed by atoms with Crippen molar-refractivity contribution >= 4 is 23.6 Å². The Balaban J connectivity index is 1.92. The molecule has 21 heavy (non-hydrogen) atoms. The Labute approximate surface area is 120 Å². The predicted molar refractivity (Wildman–Crippen MR) is 74.4 cm³/mol. The third kappa shape index (κ3) is 2.53. The molecule has 5 heteroatoms. The van der Waals surface area contributed by atoms with Crippen LogP contribution >= 0.6 is 0 Å². The summed E-state index contributed by atoms with van der Waals surface area (Å²) in [4.78, 5) is 29.0. The molecule has 2 aromatic carbocycles. The molecule has 1 saturated heterocycles. The van der Waals surface area contributed by atoms with E-state index in [1.807, 2.05) is 0 Å². The summed E-state index contributed by atoms with van der Waals surface area (Å²) >= 11 is 0. The number of benzene rings is 2. The van der Waals surface area contributed by atoms with Gasteiger partial charge in [-0.15, -0.1) is 5.06 Å². The predicted octanol–water partition coefficient (Wildman–Crippen LogP) is 2.71. The largest absolute Gasteiger partial charge is 0.369 e. The van der Waals surface area contributed by atoms with E-state index >= 15 is 0 Å². The van der Waals surface area contributed by atoms with Crippen molar-refractivity contribution in [2.75, 3.05) is 5.06 Å². The van der Waals surface area contributed by atoms with Crippen molar-refractivity contribution in [2.45, 2.75) is 0 Å². The van der Waals surface area contributed by atoms with Crippen LogP contribution in [0.5, 0.6) is 0 Å². The smallest absolute Gasteiger partial charge is 0.327 e. The van der Waals surface area contributed by atoms with Crippen LogP contribution in [0.2, 0.25) is 0 Å². The molecule has 1 fully saturated rings. The van der Waals surface area contributed by atoms with E-state index in [9.17, 15) is 14.0 Å². The molecule has 2 aromatic rings. The summed E-state index contributed by atoms with van der Waals surface area (Å²) in [5.41, 5.74) is 0.926. The summed E-state index contributed by atoms with van der Waals surface area (Å²) in [6, 6.07) is 14.1. The fourth-order valence-corrected chi connectivity index (χ4v) is 1.95. The number of halogens is 1. The normalized spacial score (nSPS) is 16.4. The lowest BCUT2D eigenvalue weighted by molar-refractivity contribution is -0.137. The topological polar surface area (TPSA) is 46.6 Å². The Morgan fingerprint density at radius 2 is 1.62 bits per heavy atom. The van der Waals surface area contributed by atoms with Crippen LogP contribution in [-0.4, -0.2) is 11.9 Å². The van der Waals surface area contributed by atoms with E-state index in [0.29, 0.717) is 11.3 Å². The highest BCUT2D eigenvalue weighted by Crippen LogP contribution is 2.25. The van der Waals surface area contributed by atoms with Crippen molar-refractivity contribution < 1.29 is 18.8 Å². The van der Waals surface area contributed by atoms with Gasteiger partial charge in [0.25, 0.3) is 5.91 Å². The second-order valence-electron chi connectivity index (χ2n) is 4.42. The van der Waals surface area contributed by atoms with Crippen LogP contribution < -0.4 is 5.06 Å². The van der Waals surface area contributed by atoms with Crippen LogP contribution in [0.1, 0.15) is 5.56 Å². The molecule has 0 radical (unpaired) electrons. The minimum Gasteiger partial charge on any atom is -0.327 e. The number of rotatable bonds is 2. The molecule has 0 N–H and O–H groups in total. The number of hydroxylamine groups is 1. The standard InChI is InChI=1S/C16H10FNO3/c17-12-8-6-11(7-9-12)10-14-15(19)18(21-16(14)20)13-4-2-1-3-5-13/h1-10H. The van der Waals surface area contributed by atoms with E-state index in [1.165, 1.54) is 30.3 Å². The van der Waals surface area contributed by atoms with Gasteiger partial charge in [0.15, 0.2) is 0 Å². The van der Waals surface area contributed by atoms with Gasteiger partial charge in [0.05, 0.1) is 5.69 Å². The molecule has 1 aliphatic rings. The lowest BCUT2D eigenvalue weighted by Gasteiger charge is -2.11. The molecule has 0 aromatic heterocycles. The van der Waals surface area contributed by atoms with Crippen molar-refractivity contribution in [1.29, 1.82) is 0 Å². The van der Waals surface area contributed by atoms with Crippen molar-refractivity contribution in [1.82, 2.24) is 0 Å². The highest BCUT2D eigenvalue weighted by atomic mass is 19.1. The molecule has 104 valence electrons. The van der Waals surface area contributed by atoms with Gasteiger partial charge in [0.1, 0.15) is 11.4 Å². The van der Waals surface area contributed by atoms with E-state index in [0.717, 1.165) is 5.06 Å². The third-order valence-corrected chi connectivity index (χ3v) is 2.98. The second-order valence-corrected chi connectivity index (χ2v) is 4.42. The number of nitrogens with zero attached hydrogens (tertiary/aromatic N) is 1. The summed E-state index contributed by atoms with van der Waals surface area (Å²) < 4.78 is 12.8. The molecule has 4 nitrogen and oxygen atoms in total. The summed E-state index contributed by atoms with van der Waals surface area (Å²) in [6.07, 6.45) is 1.38. The zero-order valence-corrected chi connectivity index (χ0v) is 10.8. The Morgan fingerprint density at radius 1 is 0.952 bits per heavy atom. The summed E-state index contributed by atoms with van der Waals surface area (Å²) in [5.74, 6) is -1.66. The molecular formula is C16H10FNO3. The maximum absolute atomic E-state index is 12.8. The molecule has 0 aliphatic carbocycles. The average Bonchev–Trinajstić information content (AvgIpc) is 2.78. The van der Waals surface area contributed by atoms with Gasteiger partial charge in [-0.1, -0.05) is 30.3 Å². The molecule has 0 spiro atoms. The first-order valence-corrected chi connectivity index (χ1v) is 6.24. The Kier molecular flexibility index (Phi) is 3.23. The lowest BCUT2D eigenvalue weighted by atomic mass is 10.1. The van der Waals surface area contributed by atoms with E-state index in [2.05, 4.69) is 0 Å². The maximum atomic E-state index is 12.8. The number of carbonyl (C=O) groups is 2. The van der Waals surface area contributed by atoms with Crippen LogP contribution in [0, 0.1) is 5.82 Å².